The van der Waals surface area contributed by atoms with Gasteiger partial charge in [-0.2, -0.15) is 8.78 Å². The highest BCUT2D eigenvalue weighted by atomic mass is 79.9. The molecule has 1 N–H and O–H groups in total. The summed E-state index contributed by atoms with van der Waals surface area (Å²) >= 11 is 4.22. The second-order valence-corrected chi connectivity index (χ2v) is 6.47. The summed E-state index contributed by atoms with van der Waals surface area (Å²) in [5.74, 6) is -0.980. The number of hydrogen-bond acceptors (Lipinski definition) is 5. The number of methoxy groups -OCH3 is 1. The van der Waals surface area contributed by atoms with Crippen LogP contribution in [-0.4, -0.2) is 25.6 Å². The van der Waals surface area contributed by atoms with E-state index in [-0.39, 0.29) is 12.3 Å². The number of carbonyl (C=O) groups excluding carboxylic acids is 2. The van der Waals surface area contributed by atoms with Crippen molar-refractivity contribution in [3.63, 3.8) is 0 Å². The molecule has 24 heavy (non-hydrogen) atoms. The first-order chi connectivity index (χ1) is 11.4. The fraction of sp³-hybridized carbons (Fsp3) is 0.200. The highest BCUT2D eigenvalue weighted by molar-refractivity contribution is 9.10. The van der Waals surface area contributed by atoms with Gasteiger partial charge in [-0.05, 0) is 30.3 Å². The van der Waals surface area contributed by atoms with Crippen molar-refractivity contribution in [2.45, 2.75) is 13.2 Å². The number of amides is 1. The molecule has 1 heterocycles. The Hall–Kier alpha value is -2.00. The van der Waals surface area contributed by atoms with Crippen LogP contribution < -0.4 is 10.1 Å². The second kappa shape index (κ2) is 8.20. The Morgan fingerprint density at radius 2 is 1.96 bits per heavy atom. The van der Waals surface area contributed by atoms with E-state index in [0.717, 1.165) is 11.3 Å². The third kappa shape index (κ3) is 4.75. The summed E-state index contributed by atoms with van der Waals surface area (Å²) in [5.41, 5.74) is 0.391. The van der Waals surface area contributed by atoms with Crippen molar-refractivity contribution in [1.29, 1.82) is 0 Å². The van der Waals surface area contributed by atoms with Gasteiger partial charge in [0.2, 0.25) is 0 Å². The van der Waals surface area contributed by atoms with Gasteiger partial charge in [0.25, 0.3) is 5.91 Å². The number of ether oxygens (including phenoxy) is 2. The highest BCUT2D eigenvalue weighted by Crippen LogP contribution is 2.25. The zero-order valence-electron chi connectivity index (χ0n) is 12.3. The Morgan fingerprint density at radius 3 is 2.62 bits per heavy atom. The van der Waals surface area contributed by atoms with E-state index in [1.54, 1.807) is 12.1 Å². The van der Waals surface area contributed by atoms with Gasteiger partial charge in [0.05, 0.1) is 12.0 Å². The largest absolute Gasteiger partial charge is 0.465 e. The normalized spacial score (nSPS) is 10.5. The first kappa shape index (κ1) is 18.3. The van der Waals surface area contributed by atoms with Crippen molar-refractivity contribution < 1.29 is 27.8 Å². The zero-order chi connectivity index (χ0) is 17.7. The third-order valence-electron chi connectivity index (χ3n) is 2.89. The SMILES string of the molecule is COC(=O)c1ccc(C(=O)NCc2cc(Br)ccc2OC(F)F)s1. The summed E-state index contributed by atoms with van der Waals surface area (Å²) in [6, 6.07) is 7.50. The topological polar surface area (TPSA) is 64.6 Å². The molecule has 0 aliphatic rings. The summed E-state index contributed by atoms with van der Waals surface area (Å²) in [7, 11) is 1.25. The van der Waals surface area contributed by atoms with Crippen LogP contribution in [0.3, 0.4) is 0 Å². The fourth-order valence-corrected chi connectivity index (χ4v) is 3.08. The average molecular weight is 420 g/mol. The third-order valence-corrected chi connectivity index (χ3v) is 4.45. The van der Waals surface area contributed by atoms with E-state index < -0.39 is 18.5 Å². The molecule has 1 amide bonds. The van der Waals surface area contributed by atoms with Crippen LogP contribution in [-0.2, 0) is 11.3 Å². The van der Waals surface area contributed by atoms with Gasteiger partial charge in [0, 0.05) is 16.6 Å². The molecule has 0 aliphatic heterocycles. The predicted octanol–water partition coefficient (Wildman–Crippen LogP) is 3.83. The number of benzene rings is 1. The lowest BCUT2D eigenvalue weighted by Gasteiger charge is -2.11. The van der Waals surface area contributed by atoms with E-state index in [1.165, 1.54) is 25.3 Å². The van der Waals surface area contributed by atoms with Crippen LogP contribution in [0.1, 0.15) is 24.9 Å². The van der Waals surface area contributed by atoms with Crippen LogP contribution in [0.25, 0.3) is 0 Å². The molecule has 0 saturated heterocycles. The molecule has 2 aromatic rings. The van der Waals surface area contributed by atoms with Crippen molar-refractivity contribution in [3.05, 3.63) is 50.1 Å². The first-order valence-corrected chi connectivity index (χ1v) is 8.21. The maximum Gasteiger partial charge on any atom is 0.387 e. The van der Waals surface area contributed by atoms with Crippen molar-refractivity contribution in [2.75, 3.05) is 7.11 Å². The molecular weight excluding hydrogens is 408 g/mol. The molecule has 1 aromatic carbocycles. The molecule has 0 spiro atoms. The first-order valence-electron chi connectivity index (χ1n) is 6.60. The summed E-state index contributed by atoms with van der Waals surface area (Å²) in [6.45, 7) is -2.97. The minimum Gasteiger partial charge on any atom is -0.465 e. The van der Waals surface area contributed by atoms with Gasteiger partial charge >= 0.3 is 12.6 Å². The van der Waals surface area contributed by atoms with E-state index in [2.05, 4.69) is 30.7 Å². The Kier molecular flexibility index (Phi) is 6.27. The molecule has 1 aromatic heterocycles. The molecule has 0 bridgehead atoms. The van der Waals surface area contributed by atoms with Crippen LogP contribution in [0.4, 0.5) is 8.78 Å². The quantitative estimate of drug-likeness (QED) is 0.722. The van der Waals surface area contributed by atoms with E-state index >= 15 is 0 Å². The van der Waals surface area contributed by atoms with Crippen LogP contribution in [0.15, 0.2) is 34.8 Å². The van der Waals surface area contributed by atoms with Gasteiger partial charge in [0.1, 0.15) is 10.6 Å². The number of nitrogens with one attached hydrogen (secondary N) is 1. The standard InChI is InChI=1S/C15H12BrF2NO4S/c1-22-14(21)12-5-4-11(24-12)13(20)19-7-8-6-9(16)2-3-10(8)23-15(17)18/h2-6,15H,7H2,1H3,(H,19,20). The van der Waals surface area contributed by atoms with Gasteiger partial charge in [-0.3, -0.25) is 4.79 Å². The number of alkyl halides is 2. The number of thiophene rings is 1. The molecule has 0 fully saturated rings. The van der Waals surface area contributed by atoms with Crippen LogP contribution >= 0.6 is 27.3 Å². The van der Waals surface area contributed by atoms with E-state index in [9.17, 15) is 18.4 Å². The Labute approximate surface area is 148 Å². The zero-order valence-corrected chi connectivity index (χ0v) is 14.7. The fourth-order valence-electron chi connectivity index (χ4n) is 1.83. The number of rotatable bonds is 6. The van der Waals surface area contributed by atoms with Gasteiger partial charge in [-0.15, -0.1) is 11.3 Å². The minimum absolute atomic E-state index is 0.00815. The smallest absolute Gasteiger partial charge is 0.387 e. The maximum atomic E-state index is 12.4. The predicted molar refractivity (Wildman–Crippen MR) is 87.6 cm³/mol. The van der Waals surface area contributed by atoms with E-state index in [0.29, 0.717) is 19.8 Å². The molecule has 2 rings (SSSR count). The Morgan fingerprint density at radius 1 is 1.25 bits per heavy atom. The lowest BCUT2D eigenvalue weighted by molar-refractivity contribution is -0.0504. The molecule has 9 heteroatoms. The number of halogens is 3. The number of carbonyl (C=O) groups is 2. The van der Waals surface area contributed by atoms with E-state index in [4.69, 9.17) is 0 Å². The number of hydrogen-bond donors (Lipinski definition) is 1. The molecule has 0 aliphatic carbocycles. The molecular formula is C15H12BrF2NO4S. The molecule has 0 atom stereocenters. The Bertz CT molecular complexity index is 751. The minimum atomic E-state index is -2.96. The molecule has 0 saturated carbocycles. The highest BCUT2D eigenvalue weighted by Gasteiger charge is 2.15. The van der Waals surface area contributed by atoms with Crippen molar-refractivity contribution in [2.24, 2.45) is 0 Å². The van der Waals surface area contributed by atoms with E-state index in [1.807, 2.05) is 0 Å². The van der Waals surface area contributed by atoms with Crippen molar-refractivity contribution in [1.82, 2.24) is 5.32 Å². The lowest BCUT2D eigenvalue weighted by atomic mass is 10.2. The molecule has 0 radical (unpaired) electrons. The molecule has 128 valence electrons. The van der Waals surface area contributed by atoms with Crippen molar-refractivity contribution >= 4 is 39.1 Å². The lowest BCUT2D eigenvalue weighted by Crippen LogP contribution is -2.22. The van der Waals surface area contributed by atoms with Gasteiger partial charge in [-0.1, -0.05) is 15.9 Å². The van der Waals surface area contributed by atoms with Crippen molar-refractivity contribution in [3.8, 4) is 5.75 Å². The van der Waals surface area contributed by atoms with Crippen LogP contribution in [0.2, 0.25) is 0 Å². The second-order valence-electron chi connectivity index (χ2n) is 4.47. The maximum absolute atomic E-state index is 12.4. The summed E-state index contributed by atoms with van der Waals surface area (Å²) < 4.78 is 34.5. The van der Waals surface area contributed by atoms with Crippen LogP contribution in [0.5, 0.6) is 5.75 Å². The van der Waals surface area contributed by atoms with Crippen LogP contribution in [0, 0.1) is 0 Å². The monoisotopic (exact) mass is 419 g/mol. The molecule has 5 nitrogen and oxygen atoms in total. The Balaban J connectivity index is 2.07. The van der Waals surface area contributed by atoms with Gasteiger partial charge < -0.3 is 14.8 Å². The summed E-state index contributed by atoms with van der Waals surface area (Å²) in [5, 5.41) is 2.60. The summed E-state index contributed by atoms with van der Waals surface area (Å²) in [4.78, 5) is 24.1. The molecule has 0 unspecified atom stereocenters. The average Bonchev–Trinajstić information content (AvgIpc) is 3.03. The number of esters is 1. The van der Waals surface area contributed by atoms with Gasteiger partial charge in [0.15, 0.2) is 0 Å². The summed E-state index contributed by atoms with van der Waals surface area (Å²) in [6.07, 6.45) is 0. The van der Waals surface area contributed by atoms with Gasteiger partial charge in [-0.25, -0.2) is 4.79 Å².